The third-order valence-corrected chi connectivity index (χ3v) is 3.96. The van der Waals surface area contributed by atoms with Crippen LogP contribution in [0.1, 0.15) is 53.0 Å². The number of hydrogen-bond donors (Lipinski definition) is 0. The van der Waals surface area contributed by atoms with Gasteiger partial charge in [0.15, 0.2) is 0 Å². The number of nitrogens with zero attached hydrogens (tertiary/aromatic N) is 1. The van der Waals surface area contributed by atoms with Crippen LogP contribution in [0.15, 0.2) is 18.2 Å². The van der Waals surface area contributed by atoms with Gasteiger partial charge in [0.2, 0.25) is 5.91 Å². The monoisotopic (exact) mass is 321 g/mol. The van der Waals surface area contributed by atoms with Crippen LogP contribution >= 0.6 is 0 Å². The second-order valence-electron chi connectivity index (χ2n) is 7.19. The summed E-state index contributed by atoms with van der Waals surface area (Å²) < 4.78 is 10.7. The van der Waals surface area contributed by atoms with Crippen LogP contribution in [-0.2, 0) is 11.3 Å². The molecule has 1 amide bonds. The Labute approximate surface area is 140 Å². The van der Waals surface area contributed by atoms with E-state index in [0.29, 0.717) is 13.0 Å². The largest absolute Gasteiger partial charge is 0.497 e. The van der Waals surface area contributed by atoms with Gasteiger partial charge in [-0.25, -0.2) is 0 Å². The number of carbonyl (C=O) groups excluding carboxylic acids is 1. The molecule has 0 spiro atoms. The van der Waals surface area contributed by atoms with Crippen LogP contribution < -0.4 is 9.47 Å². The van der Waals surface area contributed by atoms with E-state index in [2.05, 4.69) is 34.6 Å². The molecule has 0 bridgehead atoms. The van der Waals surface area contributed by atoms with Crippen molar-refractivity contribution in [2.75, 3.05) is 14.2 Å². The van der Waals surface area contributed by atoms with Gasteiger partial charge in [-0.1, -0.05) is 27.7 Å². The van der Waals surface area contributed by atoms with Crippen molar-refractivity contribution in [3.63, 3.8) is 0 Å². The lowest BCUT2D eigenvalue weighted by Gasteiger charge is -2.32. The lowest BCUT2D eigenvalue weighted by atomic mass is 9.91. The summed E-state index contributed by atoms with van der Waals surface area (Å²) in [6.45, 7) is 11.0. The first-order chi connectivity index (χ1) is 10.7. The van der Waals surface area contributed by atoms with E-state index < -0.39 is 0 Å². The van der Waals surface area contributed by atoms with Gasteiger partial charge in [-0.05, 0) is 30.9 Å². The third kappa shape index (κ3) is 5.77. The zero-order valence-corrected chi connectivity index (χ0v) is 15.6. The van der Waals surface area contributed by atoms with Crippen molar-refractivity contribution in [1.82, 2.24) is 4.90 Å². The molecule has 1 atom stereocenters. The standard InChI is InChI=1S/C19H31NO3/c1-8-14(2)20(18(21)12-19(3,4)5)13-15-9-10-16(22-6)11-17(15)23-7/h9-11,14H,8,12-13H2,1-7H3. The number of rotatable bonds is 7. The minimum absolute atomic E-state index is 0.0210. The number of methoxy groups -OCH3 is 2. The number of benzene rings is 1. The highest BCUT2D eigenvalue weighted by molar-refractivity contribution is 5.77. The molecule has 0 aliphatic rings. The Morgan fingerprint density at radius 3 is 2.35 bits per heavy atom. The second-order valence-corrected chi connectivity index (χ2v) is 7.19. The van der Waals surface area contributed by atoms with Crippen LogP contribution in [0, 0.1) is 5.41 Å². The Morgan fingerprint density at radius 2 is 1.87 bits per heavy atom. The molecule has 0 saturated carbocycles. The van der Waals surface area contributed by atoms with Crippen molar-refractivity contribution >= 4 is 5.91 Å². The lowest BCUT2D eigenvalue weighted by molar-refractivity contribution is -0.135. The van der Waals surface area contributed by atoms with Crippen LogP contribution in [0.25, 0.3) is 0 Å². The third-order valence-electron chi connectivity index (χ3n) is 3.96. The summed E-state index contributed by atoms with van der Waals surface area (Å²) in [4.78, 5) is 14.7. The molecule has 0 N–H and O–H groups in total. The average Bonchev–Trinajstić information content (AvgIpc) is 2.49. The van der Waals surface area contributed by atoms with E-state index >= 15 is 0 Å². The number of amides is 1. The van der Waals surface area contributed by atoms with Crippen molar-refractivity contribution in [2.24, 2.45) is 5.41 Å². The van der Waals surface area contributed by atoms with E-state index in [1.165, 1.54) is 0 Å². The molecule has 1 rings (SSSR count). The number of ether oxygens (including phenoxy) is 2. The topological polar surface area (TPSA) is 38.8 Å². The van der Waals surface area contributed by atoms with E-state index in [4.69, 9.17) is 9.47 Å². The van der Waals surface area contributed by atoms with E-state index in [9.17, 15) is 4.79 Å². The van der Waals surface area contributed by atoms with Gasteiger partial charge in [-0.2, -0.15) is 0 Å². The molecule has 0 heterocycles. The molecule has 130 valence electrons. The van der Waals surface area contributed by atoms with Crippen LogP contribution in [0.5, 0.6) is 11.5 Å². The predicted octanol–water partition coefficient (Wildman–Crippen LogP) is 4.27. The molecular formula is C19H31NO3. The van der Waals surface area contributed by atoms with Gasteiger partial charge >= 0.3 is 0 Å². The smallest absolute Gasteiger partial charge is 0.223 e. The van der Waals surface area contributed by atoms with Gasteiger partial charge in [0, 0.05) is 30.6 Å². The fourth-order valence-corrected chi connectivity index (χ4v) is 2.43. The van der Waals surface area contributed by atoms with Crippen LogP contribution in [0.3, 0.4) is 0 Å². The summed E-state index contributed by atoms with van der Waals surface area (Å²) in [6.07, 6.45) is 1.46. The summed E-state index contributed by atoms with van der Waals surface area (Å²) in [6, 6.07) is 5.92. The first-order valence-electron chi connectivity index (χ1n) is 8.22. The summed E-state index contributed by atoms with van der Waals surface area (Å²) in [5.74, 6) is 1.69. The summed E-state index contributed by atoms with van der Waals surface area (Å²) in [7, 11) is 3.27. The van der Waals surface area contributed by atoms with Crippen molar-refractivity contribution in [2.45, 2.75) is 60.0 Å². The number of carbonyl (C=O) groups is 1. The first kappa shape index (κ1) is 19.3. The van der Waals surface area contributed by atoms with Crippen molar-refractivity contribution < 1.29 is 14.3 Å². The molecule has 0 aromatic heterocycles. The predicted molar refractivity (Wildman–Crippen MR) is 93.9 cm³/mol. The van der Waals surface area contributed by atoms with E-state index in [-0.39, 0.29) is 17.4 Å². The van der Waals surface area contributed by atoms with Gasteiger partial charge in [0.05, 0.1) is 14.2 Å². The van der Waals surface area contributed by atoms with Crippen molar-refractivity contribution in [3.05, 3.63) is 23.8 Å². The molecule has 4 nitrogen and oxygen atoms in total. The molecule has 0 aliphatic heterocycles. The highest BCUT2D eigenvalue weighted by Crippen LogP contribution is 2.28. The quantitative estimate of drug-likeness (QED) is 0.753. The van der Waals surface area contributed by atoms with E-state index in [0.717, 1.165) is 23.5 Å². The molecule has 0 aliphatic carbocycles. The molecule has 4 heteroatoms. The van der Waals surface area contributed by atoms with Gasteiger partial charge in [0.25, 0.3) is 0 Å². The molecule has 0 fully saturated rings. The molecule has 1 aromatic rings. The van der Waals surface area contributed by atoms with Crippen LogP contribution in [-0.4, -0.2) is 31.1 Å². The summed E-state index contributed by atoms with van der Waals surface area (Å²) in [5.41, 5.74) is 0.975. The Bertz CT molecular complexity index is 520. The summed E-state index contributed by atoms with van der Waals surface area (Å²) in [5, 5.41) is 0. The molecule has 1 unspecified atom stereocenters. The molecular weight excluding hydrogens is 290 g/mol. The van der Waals surface area contributed by atoms with Crippen LogP contribution in [0.2, 0.25) is 0 Å². The maximum Gasteiger partial charge on any atom is 0.223 e. The maximum atomic E-state index is 12.7. The Morgan fingerprint density at radius 1 is 1.22 bits per heavy atom. The lowest BCUT2D eigenvalue weighted by Crippen LogP contribution is -2.39. The van der Waals surface area contributed by atoms with Crippen LogP contribution in [0.4, 0.5) is 0 Å². The fourth-order valence-electron chi connectivity index (χ4n) is 2.43. The maximum absolute atomic E-state index is 12.7. The normalized spacial score (nSPS) is 12.7. The molecule has 23 heavy (non-hydrogen) atoms. The second kappa shape index (κ2) is 8.23. The Balaban J connectivity index is 3.04. The zero-order valence-electron chi connectivity index (χ0n) is 15.6. The fraction of sp³-hybridized carbons (Fsp3) is 0.632. The SMILES string of the molecule is CCC(C)N(Cc1ccc(OC)cc1OC)C(=O)CC(C)(C)C. The number of hydrogen-bond acceptors (Lipinski definition) is 3. The summed E-state index contributed by atoms with van der Waals surface area (Å²) >= 11 is 0. The molecule has 0 radical (unpaired) electrons. The van der Waals surface area contributed by atoms with Gasteiger partial charge < -0.3 is 14.4 Å². The van der Waals surface area contributed by atoms with Gasteiger partial charge in [-0.3, -0.25) is 4.79 Å². The van der Waals surface area contributed by atoms with E-state index in [1.807, 2.05) is 23.1 Å². The average molecular weight is 321 g/mol. The van der Waals surface area contributed by atoms with Crippen molar-refractivity contribution in [1.29, 1.82) is 0 Å². The van der Waals surface area contributed by atoms with Gasteiger partial charge in [0.1, 0.15) is 11.5 Å². The highest BCUT2D eigenvalue weighted by atomic mass is 16.5. The minimum atomic E-state index is -0.0210. The Hall–Kier alpha value is -1.71. The van der Waals surface area contributed by atoms with Crippen molar-refractivity contribution in [3.8, 4) is 11.5 Å². The molecule has 0 saturated heterocycles. The van der Waals surface area contributed by atoms with E-state index in [1.54, 1.807) is 14.2 Å². The Kier molecular flexibility index (Phi) is 6.92. The first-order valence-corrected chi connectivity index (χ1v) is 8.22. The highest BCUT2D eigenvalue weighted by Gasteiger charge is 2.25. The minimum Gasteiger partial charge on any atom is -0.497 e. The zero-order chi connectivity index (χ0) is 17.6. The molecule has 1 aromatic carbocycles. The van der Waals surface area contributed by atoms with Gasteiger partial charge in [-0.15, -0.1) is 0 Å².